The number of rotatable bonds is 6. The standard InChI is InChI=1S/C31H30N4O3/c1-19-29(20(2)38-34-19)24-16-27-30(33-17-24)25-10-9-23(28(36)18-32-3)15-26(25)35(27)31(21-7-5-4-6-8-21)22-11-13-37-14-12-22/h4-10,15-17,22,28,31,36H,11-14,18H2,1-2H3/t28?,31-/m1/s1. The van der Waals surface area contributed by atoms with E-state index < -0.39 is 6.10 Å². The van der Waals surface area contributed by atoms with E-state index in [9.17, 15) is 5.11 Å². The largest absolute Gasteiger partial charge is 0.381 e. The molecule has 4 heterocycles. The highest BCUT2D eigenvalue weighted by Gasteiger charge is 2.30. The molecule has 1 aliphatic rings. The monoisotopic (exact) mass is 506 g/mol. The zero-order valence-corrected chi connectivity index (χ0v) is 21.6. The molecule has 5 aromatic rings. The molecule has 0 spiro atoms. The first kappa shape index (κ1) is 24.4. The molecule has 0 bridgehead atoms. The van der Waals surface area contributed by atoms with Crippen molar-refractivity contribution < 1.29 is 14.4 Å². The summed E-state index contributed by atoms with van der Waals surface area (Å²) in [6.45, 7) is 12.6. The molecule has 1 fully saturated rings. The number of aryl methyl sites for hydroxylation is 2. The molecule has 1 unspecified atom stereocenters. The van der Waals surface area contributed by atoms with E-state index in [-0.39, 0.29) is 12.6 Å². The molecule has 6 rings (SSSR count). The molecule has 3 aromatic heterocycles. The Morgan fingerprint density at radius 1 is 1.05 bits per heavy atom. The maximum absolute atomic E-state index is 10.7. The minimum absolute atomic E-state index is 0.0300. The number of aromatic nitrogens is 3. The number of benzene rings is 2. The topological polar surface area (TPSA) is 77.7 Å². The Kier molecular flexibility index (Phi) is 6.44. The van der Waals surface area contributed by atoms with Gasteiger partial charge in [0.1, 0.15) is 5.76 Å². The SMILES string of the molecule is [C-]#[N+]CC(O)c1ccc2c3ncc(-c4c(C)noc4C)cc3n([C@H](c3ccccc3)C3CCOCC3)c2c1. The Bertz CT molecular complexity index is 1620. The Balaban J connectivity index is 1.67. The van der Waals surface area contributed by atoms with Crippen LogP contribution in [0.25, 0.3) is 37.9 Å². The lowest BCUT2D eigenvalue weighted by molar-refractivity contribution is 0.0553. The fraction of sp³-hybridized carbons (Fsp3) is 0.323. The van der Waals surface area contributed by atoms with Crippen LogP contribution in [-0.4, -0.2) is 39.6 Å². The van der Waals surface area contributed by atoms with Gasteiger partial charge in [0.05, 0.1) is 28.3 Å². The minimum Gasteiger partial charge on any atom is -0.381 e. The normalized spacial score (nSPS) is 16.1. The van der Waals surface area contributed by atoms with Crippen LogP contribution in [0.2, 0.25) is 0 Å². The van der Waals surface area contributed by atoms with Crippen LogP contribution >= 0.6 is 0 Å². The zero-order chi connectivity index (χ0) is 26.2. The molecule has 0 radical (unpaired) electrons. The highest BCUT2D eigenvalue weighted by molar-refractivity contribution is 6.07. The maximum atomic E-state index is 10.7. The first-order valence-electron chi connectivity index (χ1n) is 13.1. The van der Waals surface area contributed by atoms with E-state index in [1.165, 1.54) is 5.56 Å². The van der Waals surface area contributed by atoms with Crippen molar-refractivity contribution >= 4 is 21.9 Å². The van der Waals surface area contributed by atoms with Crippen molar-refractivity contribution in [1.29, 1.82) is 0 Å². The summed E-state index contributed by atoms with van der Waals surface area (Å²) >= 11 is 0. The van der Waals surface area contributed by atoms with Crippen LogP contribution in [0.15, 0.2) is 65.3 Å². The van der Waals surface area contributed by atoms with Crippen LogP contribution < -0.4 is 0 Å². The van der Waals surface area contributed by atoms with E-state index in [0.29, 0.717) is 5.92 Å². The van der Waals surface area contributed by atoms with Crippen molar-refractivity contribution in [2.45, 2.75) is 38.8 Å². The number of hydrogen-bond acceptors (Lipinski definition) is 5. The van der Waals surface area contributed by atoms with Gasteiger partial charge in [0.15, 0.2) is 6.10 Å². The summed E-state index contributed by atoms with van der Waals surface area (Å²) in [5.74, 6) is 1.13. The van der Waals surface area contributed by atoms with Gasteiger partial charge in [0.2, 0.25) is 6.54 Å². The average molecular weight is 507 g/mol. The van der Waals surface area contributed by atoms with Crippen LogP contribution in [0.4, 0.5) is 0 Å². The summed E-state index contributed by atoms with van der Waals surface area (Å²) in [7, 11) is 0. The summed E-state index contributed by atoms with van der Waals surface area (Å²) in [6.07, 6.45) is 2.97. The highest BCUT2D eigenvalue weighted by atomic mass is 16.5. The van der Waals surface area contributed by atoms with Gasteiger partial charge in [-0.15, -0.1) is 0 Å². The molecule has 2 aromatic carbocycles. The zero-order valence-electron chi connectivity index (χ0n) is 21.6. The van der Waals surface area contributed by atoms with Gasteiger partial charge in [-0.05, 0) is 55.9 Å². The summed E-state index contributed by atoms with van der Waals surface area (Å²) < 4.78 is 13.6. The summed E-state index contributed by atoms with van der Waals surface area (Å²) in [5.41, 5.74) is 7.67. The van der Waals surface area contributed by atoms with Crippen molar-refractivity contribution in [1.82, 2.24) is 14.7 Å². The Morgan fingerprint density at radius 3 is 2.55 bits per heavy atom. The van der Waals surface area contributed by atoms with Gasteiger partial charge < -0.3 is 23.8 Å². The second-order valence-electron chi connectivity index (χ2n) is 10.1. The van der Waals surface area contributed by atoms with Gasteiger partial charge in [-0.1, -0.05) is 47.6 Å². The van der Waals surface area contributed by atoms with Crippen LogP contribution in [0.3, 0.4) is 0 Å². The molecular formula is C31H30N4O3. The van der Waals surface area contributed by atoms with E-state index in [1.807, 2.05) is 44.3 Å². The van der Waals surface area contributed by atoms with Gasteiger partial charge in [-0.3, -0.25) is 4.98 Å². The number of pyridine rings is 1. The first-order chi connectivity index (χ1) is 18.6. The quantitative estimate of drug-likeness (QED) is 0.269. The molecule has 192 valence electrons. The first-order valence-corrected chi connectivity index (χ1v) is 13.1. The predicted molar refractivity (Wildman–Crippen MR) is 147 cm³/mol. The summed E-state index contributed by atoms with van der Waals surface area (Å²) in [4.78, 5) is 8.40. The second kappa shape index (κ2) is 10.1. The second-order valence-corrected chi connectivity index (χ2v) is 10.1. The van der Waals surface area contributed by atoms with Crippen molar-refractivity contribution in [2.24, 2.45) is 5.92 Å². The fourth-order valence-electron chi connectivity index (χ4n) is 5.97. The van der Waals surface area contributed by atoms with Crippen LogP contribution in [-0.2, 0) is 4.74 Å². The summed E-state index contributed by atoms with van der Waals surface area (Å²) in [6, 6.07) is 18.9. The highest BCUT2D eigenvalue weighted by Crippen LogP contribution is 2.42. The number of aliphatic hydroxyl groups excluding tert-OH is 1. The van der Waals surface area contributed by atoms with E-state index >= 15 is 0 Å². The molecule has 38 heavy (non-hydrogen) atoms. The minimum atomic E-state index is -0.840. The number of hydrogen-bond donors (Lipinski definition) is 1. The van der Waals surface area contributed by atoms with E-state index in [0.717, 1.165) is 76.1 Å². The third kappa shape index (κ3) is 4.16. The molecule has 0 aliphatic carbocycles. The lowest BCUT2D eigenvalue weighted by Crippen LogP contribution is -2.27. The smallest absolute Gasteiger partial charge is 0.244 e. The molecule has 1 N–H and O–H groups in total. The number of nitrogens with zero attached hydrogens (tertiary/aromatic N) is 4. The molecule has 1 aliphatic heterocycles. The van der Waals surface area contributed by atoms with Gasteiger partial charge in [0.25, 0.3) is 0 Å². The Morgan fingerprint density at radius 2 is 1.84 bits per heavy atom. The molecule has 7 nitrogen and oxygen atoms in total. The lowest BCUT2D eigenvalue weighted by atomic mass is 9.86. The molecule has 1 saturated heterocycles. The third-order valence-corrected chi connectivity index (χ3v) is 7.77. The van der Waals surface area contributed by atoms with Crippen molar-refractivity contribution in [3.8, 4) is 11.1 Å². The Labute approximate surface area is 221 Å². The van der Waals surface area contributed by atoms with E-state index in [1.54, 1.807) is 0 Å². The van der Waals surface area contributed by atoms with Crippen LogP contribution in [0.5, 0.6) is 0 Å². The van der Waals surface area contributed by atoms with Crippen molar-refractivity contribution in [3.63, 3.8) is 0 Å². The van der Waals surface area contributed by atoms with Gasteiger partial charge in [-0.2, -0.15) is 0 Å². The van der Waals surface area contributed by atoms with Crippen molar-refractivity contribution in [2.75, 3.05) is 19.8 Å². The lowest BCUT2D eigenvalue weighted by Gasteiger charge is -2.33. The molecule has 7 heteroatoms. The third-order valence-electron chi connectivity index (χ3n) is 7.77. The average Bonchev–Trinajstić information content (AvgIpc) is 3.45. The van der Waals surface area contributed by atoms with Gasteiger partial charge >= 0.3 is 0 Å². The van der Waals surface area contributed by atoms with Gasteiger partial charge in [-0.25, -0.2) is 6.57 Å². The maximum Gasteiger partial charge on any atom is 0.244 e. The van der Waals surface area contributed by atoms with E-state index in [4.69, 9.17) is 20.8 Å². The molecule has 2 atom stereocenters. The van der Waals surface area contributed by atoms with Crippen LogP contribution in [0.1, 0.15) is 47.6 Å². The number of fused-ring (bicyclic) bond motifs is 3. The molecule has 0 saturated carbocycles. The van der Waals surface area contributed by atoms with Crippen LogP contribution in [0, 0.1) is 26.3 Å². The summed E-state index contributed by atoms with van der Waals surface area (Å²) in [5, 5.41) is 15.9. The Hall–Kier alpha value is -3.99. The van der Waals surface area contributed by atoms with Gasteiger partial charge in [0, 0.05) is 35.9 Å². The molecular weight excluding hydrogens is 476 g/mol. The number of ether oxygens (including phenoxy) is 1. The molecule has 0 amide bonds. The predicted octanol–water partition coefficient (Wildman–Crippen LogP) is 6.43. The number of aliphatic hydroxyl groups is 1. The fourth-order valence-corrected chi connectivity index (χ4v) is 5.97. The van der Waals surface area contributed by atoms with Crippen molar-refractivity contribution in [3.05, 3.63) is 94.8 Å². The van der Waals surface area contributed by atoms with E-state index in [2.05, 4.69) is 44.9 Å².